The van der Waals surface area contributed by atoms with Gasteiger partial charge in [-0.2, -0.15) is 5.10 Å². The third-order valence-corrected chi connectivity index (χ3v) is 1.77. The van der Waals surface area contributed by atoms with Gasteiger partial charge in [-0.25, -0.2) is 4.68 Å². The molecule has 2 aromatic rings. The zero-order chi connectivity index (χ0) is 9.97. The first-order valence-electron chi connectivity index (χ1n) is 4.00. The molecule has 0 aliphatic rings. The molecule has 14 heavy (non-hydrogen) atoms. The average Bonchev–Trinajstić information content (AvgIpc) is 2.87. The van der Waals surface area contributed by atoms with E-state index in [1.54, 1.807) is 18.3 Å². The lowest BCUT2D eigenvalue weighted by Gasteiger charge is -1.96. The van der Waals surface area contributed by atoms with Crippen LogP contribution in [0.1, 0.15) is 15.2 Å². The van der Waals surface area contributed by atoms with Crippen molar-refractivity contribution in [3.05, 3.63) is 42.5 Å². The van der Waals surface area contributed by atoms with Gasteiger partial charge in [-0.3, -0.25) is 9.59 Å². The van der Waals surface area contributed by atoms with Crippen LogP contribution in [0, 0.1) is 0 Å². The molecule has 0 bridgehead atoms. The number of carbonyl (C=O) groups is 2. The van der Waals surface area contributed by atoms with Crippen molar-refractivity contribution in [3.63, 3.8) is 0 Å². The van der Waals surface area contributed by atoms with Crippen LogP contribution in [0.15, 0.2) is 36.9 Å². The molecule has 0 saturated carbocycles. The molecule has 0 aliphatic carbocycles. The normalized spacial score (nSPS) is 10.0. The van der Waals surface area contributed by atoms with Gasteiger partial charge < -0.3 is 4.98 Å². The second-order valence-electron chi connectivity index (χ2n) is 2.68. The Morgan fingerprint density at radius 3 is 2.86 bits per heavy atom. The number of hydrogen-bond donors (Lipinski definition) is 1. The van der Waals surface area contributed by atoms with E-state index in [9.17, 15) is 9.59 Å². The molecule has 0 saturated heterocycles. The quantitative estimate of drug-likeness (QED) is 0.559. The van der Waals surface area contributed by atoms with Crippen LogP contribution in [0.3, 0.4) is 0 Å². The van der Waals surface area contributed by atoms with Crippen molar-refractivity contribution >= 4 is 11.7 Å². The smallest absolute Gasteiger partial charge is 0.319 e. The molecule has 5 heteroatoms. The van der Waals surface area contributed by atoms with Crippen LogP contribution in [0.25, 0.3) is 0 Å². The molecule has 2 heterocycles. The number of carbonyl (C=O) groups excluding carboxylic acids is 2. The Kier molecular flexibility index (Phi) is 1.98. The topological polar surface area (TPSA) is 67.8 Å². The number of hydrogen-bond acceptors (Lipinski definition) is 3. The molecule has 0 aliphatic heterocycles. The highest BCUT2D eigenvalue weighted by Gasteiger charge is 2.18. The van der Waals surface area contributed by atoms with Gasteiger partial charge in [-0.05, 0) is 12.1 Å². The Morgan fingerprint density at radius 2 is 2.29 bits per heavy atom. The van der Waals surface area contributed by atoms with E-state index in [4.69, 9.17) is 0 Å². The standard InChI is InChI=1S/C9H7N3O2/c13-8(7-2-4-10-6-7)9(14)12-5-1-3-11-12/h1-6,10H. The number of aromatic amines is 1. The molecule has 5 nitrogen and oxygen atoms in total. The summed E-state index contributed by atoms with van der Waals surface area (Å²) in [6.07, 6.45) is 5.95. The second kappa shape index (κ2) is 3.29. The SMILES string of the molecule is O=C(C(=O)n1cccn1)c1cc[nH]c1. The highest BCUT2D eigenvalue weighted by atomic mass is 16.2. The first-order chi connectivity index (χ1) is 6.79. The van der Waals surface area contributed by atoms with Gasteiger partial charge in [-0.15, -0.1) is 0 Å². The highest BCUT2D eigenvalue weighted by Crippen LogP contribution is 2.00. The Morgan fingerprint density at radius 1 is 1.43 bits per heavy atom. The van der Waals surface area contributed by atoms with Crippen LogP contribution in [0.5, 0.6) is 0 Å². The fourth-order valence-electron chi connectivity index (χ4n) is 1.08. The maximum Gasteiger partial charge on any atom is 0.319 e. The van der Waals surface area contributed by atoms with Crippen LogP contribution in [-0.4, -0.2) is 26.5 Å². The number of aromatic nitrogens is 3. The van der Waals surface area contributed by atoms with Crippen LogP contribution >= 0.6 is 0 Å². The van der Waals surface area contributed by atoms with Crippen LogP contribution in [-0.2, 0) is 0 Å². The molecule has 1 N–H and O–H groups in total. The van der Waals surface area contributed by atoms with E-state index >= 15 is 0 Å². The molecule has 0 fully saturated rings. The predicted octanol–water partition coefficient (Wildman–Crippen LogP) is 0.734. The van der Waals surface area contributed by atoms with Crippen molar-refractivity contribution in [1.29, 1.82) is 0 Å². The number of Topliss-reactive ketones (excluding diaryl/α,β-unsaturated/α-hetero) is 1. The molecule has 70 valence electrons. The second-order valence-corrected chi connectivity index (χ2v) is 2.68. The van der Waals surface area contributed by atoms with E-state index < -0.39 is 11.7 Å². The number of nitrogens with one attached hydrogen (secondary N) is 1. The Balaban J connectivity index is 2.26. The summed E-state index contributed by atoms with van der Waals surface area (Å²) in [6, 6.07) is 3.13. The van der Waals surface area contributed by atoms with Gasteiger partial charge in [-0.1, -0.05) is 0 Å². The molecule has 0 atom stereocenters. The van der Waals surface area contributed by atoms with Gasteiger partial charge in [0.2, 0.25) is 0 Å². The largest absolute Gasteiger partial charge is 0.367 e. The predicted molar refractivity (Wildman–Crippen MR) is 48.0 cm³/mol. The molecule has 0 radical (unpaired) electrons. The van der Waals surface area contributed by atoms with E-state index in [-0.39, 0.29) is 0 Å². The highest BCUT2D eigenvalue weighted by molar-refractivity contribution is 6.43. The first-order valence-corrected chi connectivity index (χ1v) is 4.00. The molecule has 0 unspecified atom stereocenters. The molecular weight excluding hydrogens is 182 g/mol. The molecular formula is C9H7N3O2. The third-order valence-electron chi connectivity index (χ3n) is 1.77. The molecule has 0 aromatic carbocycles. The molecule has 2 rings (SSSR count). The minimum absolute atomic E-state index is 0.338. The molecule has 0 spiro atoms. The summed E-state index contributed by atoms with van der Waals surface area (Å²) in [6.45, 7) is 0. The van der Waals surface area contributed by atoms with Gasteiger partial charge in [0, 0.05) is 30.4 Å². The zero-order valence-electron chi connectivity index (χ0n) is 7.18. The van der Waals surface area contributed by atoms with Crippen LogP contribution in [0.2, 0.25) is 0 Å². The first kappa shape index (κ1) is 8.43. The number of ketones is 1. The van der Waals surface area contributed by atoms with E-state index in [2.05, 4.69) is 10.1 Å². The lowest BCUT2D eigenvalue weighted by molar-refractivity contribution is 0.0754. The van der Waals surface area contributed by atoms with E-state index in [0.29, 0.717) is 5.56 Å². The fraction of sp³-hybridized carbons (Fsp3) is 0. The van der Waals surface area contributed by atoms with Crippen molar-refractivity contribution in [2.75, 3.05) is 0 Å². The third kappa shape index (κ3) is 1.35. The van der Waals surface area contributed by atoms with Crippen molar-refractivity contribution in [2.45, 2.75) is 0 Å². The number of H-pyrrole nitrogens is 1. The zero-order valence-corrected chi connectivity index (χ0v) is 7.18. The summed E-state index contributed by atoms with van der Waals surface area (Å²) in [5, 5.41) is 3.68. The summed E-state index contributed by atoms with van der Waals surface area (Å²) >= 11 is 0. The minimum Gasteiger partial charge on any atom is -0.367 e. The summed E-state index contributed by atoms with van der Waals surface area (Å²) in [7, 11) is 0. The van der Waals surface area contributed by atoms with Gasteiger partial charge in [0.1, 0.15) is 0 Å². The lowest BCUT2D eigenvalue weighted by Crippen LogP contribution is -2.21. The van der Waals surface area contributed by atoms with E-state index in [1.165, 1.54) is 18.6 Å². The van der Waals surface area contributed by atoms with Crippen LogP contribution < -0.4 is 0 Å². The van der Waals surface area contributed by atoms with Gasteiger partial charge in [0.25, 0.3) is 5.78 Å². The van der Waals surface area contributed by atoms with Crippen molar-refractivity contribution < 1.29 is 9.59 Å². The van der Waals surface area contributed by atoms with Gasteiger partial charge in [0.15, 0.2) is 0 Å². The Labute approximate surface area is 79.4 Å². The lowest BCUT2D eigenvalue weighted by atomic mass is 10.2. The van der Waals surface area contributed by atoms with Crippen molar-refractivity contribution in [2.24, 2.45) is 0 Å². The van der Waals surface area contributed by atoms with E-state index in [0.717, 1.165) is 4.68 Å². The maximum atomic E-state index is 11.5. The summed E-state index contributed by atoms with van der Waals surface area (Å²) in [5.74, 6) is -1.23. The summed E-state index contributed by atoms with van der Waals surface area (Å²) < 4.78 is 1.01. The minimum atomic E-state index is -0.658. The molecule has 0 amide bonds. The van der Waals surface area contributed by atoms with Crippen molar-refractivity contribution in [1.82, 2.24) is 14.8 Å². The summed E-state index contributed by atoms with van der Waals surface area (Å²) in [4.78, 5) is 25.6. The monoisotopic (exact) mass is 189 g/mol. The van der Waals surface area contributed by atoms with Crippen molar-refractivity contribution in [3.8, 4) is 0 Å². The van der Waals surface area contributed by atoms with Crippen LogP contribution in [0.4, 0.5) is 0 Å². The number of rotatable bonds is 2. The van der Waals surface area contributed by atoms with Gasteiger partial charge >= 0.3 is 5.91 Å². The maximum absolute atomic E-state index is 11.5. The number of nitrogens with zero attached hydrogens (tertiary/aromatic N) is 2. The van der Waals surface area contributed by atoms with E-state index in [1.807, 2.05) is 0 Å². The fourth-order valence-corrected chi connectivity index (χ4v) is 1.08. The van der Waals surface area contributed by atoms with Gasteiger partial charge in [0.05, 0.1) is 0 Å². The average molecular weight is 189 g/mol. The Bertz CT molecular complexity index is 398. The Hall–Kier alpha value is -2.17. The molecule has 2 aromatic heterocycles. The summed E-state index contributed by atoms with van der Waals surface area (Å²) in [5.41, 5.74) is 0.338.